The Bertz CT molecular complexity index is 452. The Morgan fingerprint density at radius 2 is 1.68 bits per heavy atom. The molecular formula is C20H37N3O2. The second-order valence-electron chi connectivity index (χ2n) is 8.74. The second-order valence-corrected chi connectivity index (χ2v) is 8.74. The molecule has 144 valence electrons. The number of nitrogens with two attached hydrogens (primary N) is 1. The van der Waals surface area contributed by atoms with Gasteiger partial charge in [-0.25, -0.2) is 0 Å². The Hall–Kier alpha value is -1.10. The highest BCUT2D eigenvalue weighted by Gasteiger charge is 2.33. The fourth-order valence-electron chi connectivity index (χ4n) is 4.08. The first-order valence-electron chi connectivity index (χ1n) is 10.2. The van der Waals surface area contributed by atoms with Gasteiger partial charge in [0, 0.05) is 24.9 Å². The van der Waals surface area contributed by atoms with E-state index in [1.54, 1.807) is 0 Å². The van der Waals surface area contributed by atoms with Gasteiger partial charge in [0.2, 0.25) is 11.8 Å². The molecule has 2 saturated carbocycles. The molecule has 0 radical (unpaired) electrons. The highest BCUT2D eigenvalue weighted by atomic mass is 16.2. The van der Waals surface area contributed by atoms with Crippen LogP contribution in [0.1, 0.15) is 78.6 Å². The summed E-state index contributed by atoms with van der Waals surface area (Å²) in [6.07, 6.45) is 9.13. The summed E-state index contributed by atoms with van der Waals surface area (Å²) in [5.74, 6) is 1.26. The average Bonchev–Trinajstić information content (AvgIpc) is 3.07. The van der Waals surface area contributed by atoms with E-state index in [4.69, 9.17) is 5.73 Å². The van der Waals surface area contributed by atoms with Crippen LogP contribution < -0.4 is 16.4 Å². The molecule has 5 heteroatoms. The molecule has 2 amide bonds. The van der Waals surface area contributed by atoms with Crippen LogP contribution in [0, 0.1) is 17.8 Å². The first kappa shape index (κ1) is 20.2. The standard InChI is InChI=1S/C20H37N3O2/c1-14(2)20(3,13-21)23-19(25)16-8-10-17(11-9-16)22-18(24)12-15-6-4-5-7-15/h14-17H,4-13,21H2,1-3H3,(H,22,24)(H,23,25). The van der Waals surface area contributed by atoms with Gasteiger partial charge in [0.1, 0.15) is 0 Å². The van der Waals surface area contributed by atoms with E-state index in [9.17, 15) is 9.59 Å². The maximum atomic E-state index is 12.6. The Balaban J connectivity index is 1.73. The Kier molecular flexibility index (Phi) is 7.29. The van der Waals surface area contributed by atoms with Crippen molar-refractivity contribution in [3.8, 4) is 0 Å². The molecular weight excluding hydrogens is 314 g/mol. The van der Waals surface area contributed by atoms with Crippen LogP contribution >= 0.6 is 0 Å². The largest absolute Gasteiger partial charge is 0.353 e. The van der Waals surface area contributed by atoms with Crippen molar-refractivity contribution < 1.29 is 9.59 Å². The van der Waals surface area contributed by atoms with Crippen molar-refractivity contribution >= 4 is 11.8 Å². The van der Waals surface area contributed by atoms with Crippen molar-refractivity contribution in [1.82, 2.24) is 10.6 Å². The molecule has 0 aromatic carbocycles. The topological polar surface area (TPSA) is 84.2 Å². The van der Waals surface area contributed by atoms with Gasteiger partial charge in [0.25, 0.3) is 0 Å². The van der Waals surface area contributed by atoms with E-state index < -0.39 is 0 Å². The normalized spacial score (nSPS) is 27.1. The average molecular weight is 352 g/mol. The molecule has 2 fully saturated rings. The predicted octanol–water partition coefficient (Wildman–Crippen LogP) is 2.73. The minimum Gasteiger partial charge on any atom is -0.353 e. The predicted molar refractivity (Wildman–Crippen MR) is 101 cm³/mol. The number of rotatable bonds is 7. The lowest BCUT2D eigenvalue weighted by atomic mass is 9.83. The molecule has 0 aromatic rings. The fraction of sp³-hybridized carbons (Fsp3) is 0.900. The van der Waals surface area contributed by atoms with E-state index >= 15 is 0 Å². The molecule has 0 saturated heterocycles. The van der Waals surface area contributed by atoms with Crippen molar-refractivity contribution in [2.24, 2.45) is 23.5 Å². The molecule has 1 unspecified atom stereocenters. The minimum atomic E-state index is -0.344. The first-order chi connectivity index (χ1) is 11.8. The van der Waals surface area contributed by atoms with Gasteiger partial charge in [-0.15, -0.1) is 0 Å². The van der Waals surface area contributed by atoms with Gasteiger partial charge in [-0.1, -0.05) is 26.7 Å². The number of nitrogens with one attached hydrogen (secondary N) is 2. The van der Waals surface area contributed by atoms with Gasteiger partial charge in [-0.05, 0) is 57.3 Å². The monoisotopic (exact) mass is 351 g/mol. The second kappa shape index (κ2) is 9.02. The third-order valence-electron chi connectivity index (χ3n) is 6.52. The van der Waals surface area contributed by atoms with E-state index in [1.165, 1.54) is 25.7 Å². The van der Waals surface area contributed by atoms with Crippen LogP contribution in [0.5, 0.6) is 0 Å². The van der Waals surface area contributed by atoms with Crippen molar-refractivity contribution in [2.75, 3.05) is 6.54 Å². The van der Waals surface area contributed by atoms with Crippen molar-refractivity contribution in [3.05, 3.63) is 0 Å². The summed E-state index contributed by atoms with van der Waals surface area (Å²) < 4.78 is 0. The van der Waals surface area contributed by atoms with Crippen LogP contribution in [0.3, 0.4) is 0 Å². The number of hydrogen-bond acceptors (Lipinski definition) is 3. The van der Waals surface area contributed by atoms with Crippen LogP contribution in [-0.2, 0) is 9.59 Å². The van der Waals surface area contributed by atoms with Gasteiger partial charge < -0.3 is 16.4 Å². The third kappa shape index (κ3) is 5.70. The molecule has 2 aliphatic carbocycles. The molecule has 1 atom stereocenters. The highest BCUT2D eigenvalue weighted by Crippen LogP contribution is 2.29. The zero-order valence-electron chi connectivity index (χ0n) is 16.3. The summed E-state index contributed by atoms with van der Waals surface area (Å²) >= 11 is 0. The summed E-state index contributed by atoms with van der Waals surface area (Å²) in [5, 5.41) is 6.36. The zero-order valence-corrected chi connectivity index (χ0v) is 16.3. The maximum Gasteiger partial charge on any atom is 0.223 e. The fourth-order valence-corrected chi connectivity index (χ4v) is 4.08. The molecule has 2 aliphatic rings. The lowest BCUT2D eigenvalue weighted by Crippen LogP contribution is -2.56. The van der Waals surface area contributed by atoms with Crippen LogP contribution in [0.4, 0.5) is 0 Å². The van der Waals surface area contributed by atoms with Gasteiger partial charge in [-0.3, -0.25) is 9.59 Å². The molecule has 4 N–H and O–H groups in total. The molecule has 2 rings (SSSR count). The summed E-state index contributed by atoms with van der Waals surface area (Å²) in [5.41, 5.74) is 5.52. The zero-order chi connectivity index (χ0) is 18.4. The molecule has 0 heterocycles. The highest BCUT2D eigenvalue weighted by molar-refractivity contribution is 5.80. The van der Waals surface area contributed by atoms with Crippen LogP contribution in [0.15, 0.2) is 0 Å². The van der Waals surface area contributed by atoms with E-state index in [1.807, 2.05) is 6.92 Å². The maximum absolute atomic E-state index is 12.6. The van der Waals surface area contributed by atoms with Gasteiger partial charge in [0.15, 0.2) is 0 Å². The molecule has 0 aromatic heterocycles. The summed E-state index contributed by atoms with van der Waals surface area (Å²) in [4.78, 5) is 24.8. The number of amides is 2. The molecule has 5 nitrogen and oxygen atoms in total. The van der Waals surface area contributed by atoms with Crippen LogP contribution in [0.2, 0.25) is 0 Å². The summed E-state index contributed by atoms with van der Waals surface area (Å²) in [7, 11) is 0. The van der Waals surface area contributed by atoms with E-state index in [0.29, 0.717) is 24.8 Å². The smallest absolute Gasteiger partial charge is 0.223 e. The lowest BCUT2D eigenvalue weighted by Gasteiger charge is -2.36. The quantitative estimate of drug-likeness (QED) is 0.659. The Morgan fingerprint density at radius 3 is 2.20 bits per heavy atom. The van der Waals surface area contributed by atoms with Crippen LogP contribution in [-0.4, -0.2) is 29.9 Å². The third-order valence-corrected chi connectivity index (χ3v) is 6.52. The number of hydrogen-bond donors (Lipinski definition) is 3. The number of carbonyl (C=O) groups excluding carboxylic acids is 2. The SMILES string of the molecule is CC(C)C(C)(CN)NC(=O)C1CCC(NC(=O)CC2CCCC2)CC1. The van der Waals surface area contributed by atoms with Crippen molar-refractivity contribution in [3.63, 3.8) is 0 Å². The van der Waals surface area contributed by atoms with E-state index in [2.05, 4.69) is 24.5 Å². The number of carbonyl (C=O) groups is 2. The van der Waals surface area contributed by atoms with Gasteiger partial charge in [0.05, 0.1) is 5.54 Å². The molecule has 0 spiro atoms. The molecule has 25 heavy (non-hydrogen) atoms. The summed E-state index contributed by atoms with van der Waals surface area (Å²) in [6.45, 7) is 6.64. The molecule has 0 aliphatic heterocycles. The van der Waals surface area contributed by atoms with Gasteiger partial charge >= 0.3 is 0 Å². The first-order valence-corrected chi connectivity index (χ1v) is 10.2. The lowest BCUT2D eigenvalue weighted by molar-refractivity contribution is -0.128. The van der Waals surface area contributed by atoms with E-state index in [0.717, 1.165) is 25.7 Å². The van der Waals surface area contributed by atoms with Crippen LogP contribution in [0.25, 0.3) is 0 Å². The van der Waals surface area contributed by atoms with E-state index in [-0.39, 0.29) is 29.3 Å². The molecule has 0 bridgehead atoms. The minimum absolute atomic E-state index is 0.0487. The van der Waals surface area contributed by atoms with Crippen molar-refractivity contribution in [2.45, 2.75) is 90.1 Å². The Morgan fingerprint density at radius 1 is 1.08 bits per heavy atom. The summed E-state index contributed by atoms with van der Waals surface area (Å²) in [6, 6.07) is 0.240. The Labute approximate surface area is 152 Å². The van der Waals surface area contributed by atoms with Crippen molar-refractivity contribution in [1.29, 1.82) is 0 Å². The van der Waals surface area contributed by atoms with Gasteiger partial charge in [-0.2, -0.15) is 0 Å².